The van der Waals surface area contributed by atoms with E-state index >= 15 is 0 Å². The van der Waals surface area contributed by atoms with Crippen molar-refractivity contribution in [3.63, 3.8) is 0 Å². The van der Waals surface area contributed by atoms with Crippen LogP contribution in [0.4, 0.5) is 0 Å². The van der Waals surface area contributed by atoms with Gasteiger partial charge < -0.3 is 4.74 Å². The quantitative estimate of drug-likeness (QED) is 0.621. The normalized spacial score (nSPS) is 11.1. The molecule has 0 fully saturated rings. The average Bonchev–Trinajstić information content (AvgIpc) is 2.44. The number of aryl methyl sites for hydroxylation is 1. The molecular weight excluding hydrogens is 238 g/mol. The molecule has 1 heterocycles. The highest BCUT2D eigenvalue weighted by Gasteiger charge is 2.02. The lowest BCUT2D eigenvalue weighted by atomic mass is 10.0. The largest absolute Gasteiger partial charge is 0.463 e. The molecule has 0 radical (unpaired) electrons. The zero-order valence-corrected chi connectivity index (χ0v) is 11.2. The fourth-order valence-electron chi connectivity index (χ4n) is 1.93. The molecule has 2 rings (SSSR count). The Bertz CT molecular complexity index is 617. The van der Waals surface area contributed by atoms with Crippen LogP contribution in [0.2, 0.25) is 0 Å². The second-order valence-electron chi connectivity index (χ2n) is 4.19. The van der Waals surface area contributed by atoms with Gasteiger partial charge in [0.1, 0.15) is 0 Å². The third-order valence-electron chi connectivity index (χ3n) is 2.93. The summed E-state index contributed by atoms with van der Waals surface area (Å²) in [6.07, 6.45) is 5.86. The van der Waals surface area contributed by atoms with Gasteiger partial charge in [0, 0.05) is 17.7 Å². The van der Waals surface area contributed by atoms with Crippen LogP contribution in [-0.2, 0) is 16.0 Å². The third-order valence-corrected chi connectivity index (χ3v) is 2.93. The molecule has 0 saturated heterocycles. The molecule has 19 heavy (non-hydrogen) atoms. The molecule has 0 aliphatic carbocycles. The molecule has 3 nitrogen and oxygen atoms in total. The van der Waals surface area contributed by atoms with Gasteiger partial charge in [-0.25, -0.2) is 4.79 Å². The molecule has 0 N–H and O–H groups in total. The van der Waals surface area contributed by atoms with Gasteiger partial charge in [0.25, 0.3) is 0 Å². The molecule has 0 bridgehead atoms. The number of nitrogens with zero attached hydrogens (tertiary/aromatic N) is 1. The van der Waals surface area contributed by atoms with Gasteiger partial charge in [-0.15, -0.1) is 0 Å². The number of esters is 1. The van der Waals surface area contributed by atoms with Crippen molar-refractivity contribution in [3.05, 3.63) is 47.8 Å². The van der Waals surface area contributed by atoms with Crippen LogP contribution in [0.25, 0.3) is 16.8 Å². The minimum absolute atomic E-state index is 0.340. The van der Waals surface area contributed by atoms with Gasteiger partial charge in [0.05, 0.1) is 12.3 Å². The molecule has 3 heteroatoms. The first-order valence-corrected chi connectivity index (χ1v) is 6.47. The lowest BCUT2D eigenvalue weighted by Crippen LogP contribution is -1.99. The molecule has 0 saturated carbocycles. The first-order chi connectivity index (χ1) is 9.24. The van der Waals surface area contributed by atoms with E-state index in [0.717, 1.165) is 22.9 Å². The highest BCUT2D eigenvalue weighted by Crippen LogP contribution is 2.20. The Balaban J connectivity index is 2.39. The lowest BCUT2D eigenvalue weighted by Gasteiger charge is -2.04. The van der Waals surface area contributed by atoms with Crippen LogP contribution in [0.1, 0.15) is 25.1 Å². The Kier molecular flexibility index (Phi) is 4.29. The van der Waals surface area contributed by atoms with Crippen molar-refractivity contribution in [2.75, 3.05) is 6.61 Å². The van der Waals surface area contributed by atoms with Crippen molar-refractivity contribution in [1.29, 1.82) is 0 Å². The van der Waals surface area contributed by atoms with Crippen LogP contribution < -0.4 is 0 Å². The number of pyridine rings is 1. The van der Waals surface area contributed by atoms with Gasteiger partial charge in [0.2, 0.25) is 0 Å². The monoisotopic (exact) mass is 255 g/mol. The van der Waals surface area contributed by atoms with Crippen molar-refractivity contribution in [2.45, 2.75) is 20.3 Å². The van der Waals surface area contributed by atoms with Crippen LogP contribution in [0.5, 0.6) is 0 Å². The molecule has 0 atom stereocenters. The molecule has 0 unspecified atom stereocenters. The number of hydrogen-bond acceptors (Lipinski definition) is 3. The molecule has 2 aromatic rings. The van der Waals surface area contributed by atoms with E-state index in [1.165, 1.54) is 11.6 Å². The SMILES string of the molecule is CCOC(=O)/C=C/c1nccc2ccc(CC)cc12. The highest BCUT2D eigenvalue weighted by atomic mass is 16.5. The number of carbonyl (C=O) groups excluding carboxylic acids is 1. The van der Waals surface area contributed by atoms with Gasteiger partial charge in [0.15, 0.2) is 0 Å². The van der Waals surface area contributed by atoms with E-state index in [4.69, 9.17) is 4.74 Å². The Labute approximate surface area is 112 Å². The first-order valence-electron chi connectivity index (χ1n) is 6.47. The van der Waals surface area contributed by atoms with E-state index < -0.39 is 0 Å². The second kappa shape index (κ2) is 6.14. The van der Waals surface area contributed by atoms with Gasteiger partial charge >= 0.3 is 5.97 Å². The minimum Gasteiger partial charge on any atom is -0.463 e. The first kappa shape index (κ1) is 13.3. The number of benzene rings is 1. The van der Waals surface area contributed by atoms with Gasteiger partial charge in [-0.05, 0) is 42.5 Å². The number of hydrogen-bond donors (Lipinski definition) is 0. The highest BCUT2D eigenvalue weighted by molar-refractivity contribution is 5.93. The number of aromatic nitrogens is 1. The summed E-state index contributed by atoms with van der Waals surface area (Å²) in [6.45, 7) is 4.28. The Morgan fingerprint density at radius 1 is 1.32 bits per heavy atom. The fraction of sp³-hybridized carbons (Fsp3) is 0.250. The van der Waals surface area contributed by atoms with Crippen molar-refractivity contribution >= 4 is 22.8 Å². The number of ether oxygens (including phenoxy) is 1. The zero-order chi connectivity index (χ0) is 13.7. The van der Waals surface area contributed by atoms with E-state index in [-0.39, 0.29) is 5.97 Å². The summed E-state index contributed by atoms with van der Waals surface area (Å²) < 4.78 is 4.87. The molecule has 98 valence electrons. The summed E-state index contributed by atoms with van der Waals surface area (Å²) in [7, 11) is 0. The Morgan fingerprint density at radius 3 is 2.89 bits per heavy atom. The zero-order valence-electron chi connectivity index (χ0n) is 11.2. The van der Waals surface area contributed by atoms with E-state index in [0.29, 0.717) is 6.61 Å². The minimum atomic E-state index is -0.340. The lowest BCUT2D eigenvalue weighted by molar-refractivity contribution is -0.137. The summed E-state index contributed by atoms with van der Waals surface area (Å²) in [5.74, 6) is -0.340. The van der Waals surface area contributed by atoms with Crippen LogP contribution in [0.15, 0.2) is 36.5 Å². The van der Waals surface area contributed by atoms with Crippen LogP contribution in [0.3, 0.4) is 0 Å². The van der Waals surface area contributed by atoms with E-state index in [9.17, 15) is 4.79 Å². The Morgan fingerprint density at radius 2 is 2.16 bits per heavy atom. The molecule has 0 spiro atoms. The van der Waals surface area contributed by atoms with Crippen molar-refractivity contribution in [1.82, 2.24) is 4.98 Å². The molecule has 1 aromatic heterocycles. The smallest absolute Gasteiger partial charge is 0.330 e. The van der Waals surface area contributed by atoms with Crippen LogP contribution in [0, 0.1) is 0 Å². The fourth-order valence-corrected chi connectivity index (χ4v) is 1.93. The van der Waals surface area contributed by atoms with E-state index in [1.807, 2.05) is 6.07 Å². The molecule has 0 amide bonds. The van der Waals surface area contributed by atoms with E-state index in [1.54, 1.807) is 19.2 Å². The maximum absolute atomic E-state index is 11.3. The van der Waals surface area contributed by atoms with E-state index in [2.05, 4.69) is 30.1 Å². The van der Waals surface area contributed by atoms with Crippen molar-refractivity contribution < 1.29 is 9.53 Å². The maximum Gasteiger partial charge on any atom is 0.330 e. The Hall–Kier alpha value is -2.16. The second-order valence-corrected chi connectivity index (χ2v) is 4.19. The summed E-state index contributed by atoms with van der Waals surface area (Å²) in [6, 6.07) is 8.28. The molecular formula is C16H17NO2. The molecule has 0 aliphatic rings. The number of rotatable bonds is 4. The topological polar surface area (TPSA) is 39.2 Å². The van der Waals surface area contributed by atoms with Crippen LogP contribution >= 0.6 is 0 Å². The predicted molar refractivity (Wildman–Crippen MR) is 76.8 cm³/mol. The number of fused-ring (bicyclic) bond motifs is 1. The van der Waals surface area contributed by atoms with Gasteiger partial charge in [-0.3, -0.25) is 4.98 Å². The standard InChI is InChI=1S/C16H17NO2/c1-3-12-5-6-13-9-10-17-15(14(13)11-12)7-8-16(18)19-4-2/h5-11H,3-4H2,1-2H3/b8-7+. The predicted octanol–water partition coefficient (Wildman–Crippen LogP) is 3.37. The van der Waals surface area contributed by atoms with Crippen LogP contribution in [-0.4, -0.2) is 17.6 Å². The summed E-state index contributed by atoms with van der Waals surface area (Å²) in [5.41, 5.74) is 2.05. The van der Waals surface area contributed by atoms with Crippen molar-refractivity contribution in [2.24, 2.45) is 0 Å². The van der Waals surface area contributed by atoms with Gasteiger partial charge in [-0.2, -0.15) is 0 Å². The maximum atomic E-state index is 11.3. The summed E-state index contributed by atoms with van der Waals surface area (Å²) in [4.78, 5) is 15.7. The molecule has 0 aliphatic heterocycles. The molecule has 1 aromatic carbocycles. The summed E-state index contributed by atoms with van der Waals surface area (Å²) >= 11 is 0. The average molecular weight is 255 g/mol. The summed E-state index contributed by atoms with van der Waals surface area (Å²) in [5, 5.41) is 2.18. The number of carbonyl (C=O) groups is 1. The third kappa shape index (κ3) is 3.19. The van der Waals surface area contributed by atoms with Gasteiger partial charge in [-0.1, -0.05) is 19.1 Å². The van der Waals surface area contributed by atoms with Crippen molar-refractivity contribution in [3.8, 4) is 0 Å².